The number of benzene rings is 1. The summed E-state index contributed by atoms with van der Waals surface area (Å²) in [4.78, 5) is 144. The Labute approximate surface area is 397 Å². The molecular formula is C44H65N7O18. The first-order chi connectivity index (χ1) is 32.7. The lowest BCUT2D eigenvalue weighted by molar-refractivity contribution is -0.152. The van der Waals surface area contributed by atoms with Crippen LogP contribution < -0.4 is 26.6 Å². The molecule has 0 radical (unpaired) electrons. The van der Waals surface area contributed by atoms with Crippen molar-refractivity contribution < 1.29 is 88.2 Å². The van der Waals surface area contributed by atoms with Gasteiger partial charge in [0.25, 0.3) is 0 Å². The van der Waals surface area contributed by atoms with Crippen molar-refractivity contribution in [1.82, 2.24) is 36.4 Å². The fraction of sp³-hybridized carbons (Fsp3) is 0.591. The van der Waals surface area contributed by atoms with Gasteiger partial charge in [-0.1, -0.05) is 37.1 Å². The lowest BCUT2D eigenvalue weighted by Gasteiger charge is -2.25. The number of aliphatic carboxylic acids is 6. The van der Waals surface area contributed by atoms with Crippen molar-refractivity contribution in [1.29, 1.82) is 0 Å². The number of carboxylic acid groups (broad SMARTS) is 6. The fourth-order valence-electron chi connectivity index (χ4n) is 6.87. The van der Waals surface area contributed by atoms with Crippen LogP contribution in [0.15, 0.2) is 24.3 Å². The second-order valence-electron chi connectivity index (χ2n) is 16.0. The summed E-state index contributed by atoms with van der Waals surface area (Å²) in [7, 11) is 0. The number of unbranched alkanes of at least 4 members (excludes halogenated alkanes) is 5. The van der Waals surface area contributed by atoms with Crippen LogP contribution in [0.5, 0.6) is 0 Å². The van der Waals surface area contributed by atoms with Crippen molar-refractivity contribution in [2.75, 3.05) is 45.8 Å². The van der Waals surface area contributed by atoms with Crippen LogP contribution >= 0.6 is 0 Å². The van der Waals surface area contributed by atoms with Crippen molar-refractivity contribution >= 4 is 71.6 Å². The summed E-state index contributed by atoms with van der Waals surface area (Å²) in [5.41, 5.74) is 1.31. The molecule has 69 heavy (non-hydrogen) atoms. The Bertz CT molecular complexity index is 1860. The quantitative estimate of drug-likeness (QED) is 0.0296. The summed E-state index contributed by atoms with van der Waals surface area (Å²) in [5.74, 6) is -10.8. The molecule has 1 aromatic rings. The zero-order chi connectivity index (χ0) is 51.7. The van der Waals surface area contributed by atoms with Crippen LogP contribution in [0.3, 0.4) is 0 Å². The van der Waals surface area contributed by atoms with Crippen LogP contribution in [-0.2, 0) is 59.3 Å². The Morgan fingerprint density at radius 3 is 1.33 bits per heavy atom. The van der Waals surface area contributed by atoms with Gasteiger partial charge >= 0.3 is 35.8 Å². The van der Waals surface area contributed by atoms with Gasteiger partial charge in [-0.15, -0.1) is 0 Å². The number of aldehydes is 1. The molecule has 3 atom stereocenters. The summed E-state index contributed by atoms with van der Waals surface area (Å²) in [5, 5.41) is 68.9. The van der Waals surface area contributed by atoms with Crippen LogP contribution in [0, 0.1) is 0 Å². The maximum absolute atomic E-state index is 13.3. The lowest BCUT2D eigenvalue weighted by Crippen LogP contribution is -2.47. The minimum Gasteiger partial charge on any atom is -0.480 e. The van der Waals surface area contributed by atoms with Crippen molar-refractivity contribution in [2.45, 2.75) is 121 Å². The molecule has 0 aromatic heterocycles. The zero-order valence-electron chi connectivity index (χ0n) is 38.4. The number of nitrogens with zero attached hydrogens (tertiary/aromatic N) is 2. The molecular weight excluding hydrogens is 915 g/mol. The van der Waals surface area contributed by atoms with Crippen molar-refractivity contribution in [3.05, 3.63) is 35.4 Å². The van der Waals surface area contributed by atoms with E-state index in [1.54, 1.807) is 24.3 Å². The van der Waals surface area contributed by atoms with Crippen LogP contribution in [-0.4, -0.2) is 176 Å². The molecule has 11 N–H and O–H groups in total. The minimum atomic E-state index is -1.43. The van der Waals surface area contributed by atoms with E-state index in [0.717, 1.165) is 15.4 Å². The largest absolute Gasteiger partial charge is 0.480 e. The Balaban J connectivity index is 2.68. The van der Waals surface area contributed by atoms with Gasteiger partial charge in [-0.2, -0.15) is 0 Å². The average molecular weight is 980 g/mol. The topological polar surface area (TPSA) is 393 Å². The molecule has 25 heteroatoms. The van der Waals surface area contributed by atoms with Gasteiger partial charge in [-0.3, -0.25) is 67.3 Å². The molecule has 1 aromatic carbocycles. The number of carbonyl (C=O) groups excluding carboxylic acids is 6. The van der Waals surface area contributed by atoms with E-state index in [1.807, 2.05) is 0 Å². The van der Waals surface area contributed by atoms with Crippen molar-refractivity contribution in [3.8, 4) is 0 Å². The van der Waals surface area contributed by atoms with E-state index < -0.39 is 97.8 Å². The summed E-state index contributed by atoms with van der Waals surface area (Å²) in [6.45, 7) is -2.63. The van der Waals surface area contributed by atoms with Crippen LogP contribution in [0.4, 0.5) is 0 Å². The maximum Gasteiger partial charge on any atom is 0.320 e. The van der Waals surface area contributed by atoms with Gasteiger partial charge in [0, 0.05) is 57.4 Å². The normalized spacial score (nSPS) is 12.2. The first-order valence-electron chi connectivity index (χ1n) is 22.4. The van der Waals surface area contributed by atoms with E-state index in [4.69, 9.17) is 20.4 Å². The molecule has 0 saturated carbocycles. The Morgan fingerprint density at radius 2 is 0.884 bits per heavy atom. The number of carboxylic acids is 6. The van der Waals surface area contributed by atoms with Crippen LogP contribution in [0.25, 0.3) is 0 Å². The van der Waals surface area contributed by atoms with Gasteiger partial charge in [-0.25, -0.2) is 0 Å². The molecule has 0 aliphatic rings. The number of hydrogen-bond donors (Lipinski definition) is 11. The number of rotatable bonds is 40. The molecule has 0 bridgehead atoms. The highest BCUT2D eigenvalue weighted by Crippen LogP contribution is 2.12. The van der Waals surface area contributed by atoms with Crippen molar-refractivity contribution in [2.24, 2.45) is 0 Å². The smallest absolute Gasteiger partial charge is 0.320 e. The molecule has 0 fully saturated rings. The van der Waals surface area contributed by atoms with Gasteiger partial charge in [0.2, 0.25) is 29.5 Å². The molecule has 384 valence electrons. The Morgan fingerprint density at radius 1 is 0.464 bits per heavy atom. The number of amides is 5. The number of hydrogen-bond acceptors (Lipinski definition) is 14. The van der Waals surface area contributed by atoms with Gasteiger partial charge in [0.05, 0.1) is 26.2 Å². The van der Waals surface area contributed by atoms with Crippen molar-refractivity contribution in [3.63, 3.8) is 0 Å². The molecule has 0 saturated heterocycles. The van der Waals surface area contributed by atoms with Gasteiger partial charge in [-0.05, 0) is 63.4 Å². The van der Waals surface area contributed by atoms with Crippen LogP contribution in [0.2, 0.25) is 0 Å². The SMILES string of the molecule is O=Cc1ccc(CNC(=O)CCC(=O)NCCCCCCC(=O)NC(CCC(=O)NCCCCC(C(=O)O)N(CC(=O)O)CC(=O)O)C(=O)NCCCCC(C(=O)O)N(CC(=O)O)CC(=O)O)cc1. The predicted molar refractivity (Wildman–Crippen MR) is 240 cm³/mol. The second-order valence-corrected chi connectivity index (χ2v) is 16.0. The molecule has 1 rings (SSSR count). The van der Waals surface area contributed by atoms with Gasteiger partial charge in [0.1, 0.15) is 24.4 Å². The predicted octanol–water partition coefficient (Wildman–Crippen LogP) is -0.351. The zero-order valence-corrected chi connectivity index (χ0v) is 38.4. The summed E-state index contributed by atoms with van der Waals surface area (Å²) < 4.78 is 0. The molecule has 3 unspecified atom stereocenters. The molecule has 25 nitrogen and oxygen atoms in total. The second kappa shape index (κ2) is 34.3. The van der Waals surface area contributed by atoms with E-state index in [9.17, 15) is 67.7 Å². The first kappa shape index (κ1) is 60.0. The van der Waals surface area contributed by atoms with Gasteiger partial charge in [0.15, 0.2) is 0 Å². The molecule has 0 spiro atoms. The van der Waals surface area contributed by atoms with E-state index in [0.29, 0.717) is 44.1 Å². The third kappa shape index (κ3) is 28.7. The maximum atomic E-state index is 13.3. The third-order valence-corrected chi connectivity index (χ3v) is 10.4. The molecule has 0 heterocycles. The lowest BCUT2D eigenvalue weighted by atomic mass is 10.1. The van der Waals surface area contributed by atoms with Gasteiger partial charge < -0.3 is 57.2 Å². The summed E-state index contributed by atoms with van der Waals surface area (Å²) >= 11 is 0. The Hall–Kier alpha value is -7.02. The van der Waals surface area contributed by atoms with E-state index in [-0.39, 0.29) is 102 Å². The standard InChI is InChI=1S/C44H65N7O18/c52-28-30-14-12-29(13-15-30)23-48-36(55)19-18-35(54)45-20-6-2-1-3-11-37(56)49-31(42(65)47-22-8-5-10-33(44(68)69)51(26-40(61)62)27-41(63)64)16-17-34(53)46-21-7-4-9-32(43(66)67)50(24-38(57)58)25-39(59)60/h12-15,28,31-33H,1-11,16-27H2,(H,45,54)(H,46,53)(H,47,65)(H,48,55)(H,49,56)(H,57,58)(H,59,60)(H,61,62)(H,63,64)(H,66,67)(H,68,69). The minimum absolute atomic E-state index is 0.0112. The number of carbonyl (C=O) groups is 12. The average Bonchev–Trinajstić information content (AvgIpc) is 3.27. The highest BCUT2D eigenvalue weighted by atomic mass is 16.4. The summed E-state index contributed by atoms with van der Waals surface area (Å²) in [6, 6.07) is 2.67. The summed E-state index contributed by atoms with van der Waals surface area (Å²) in [6.07, 6.45) is 3.07. The van der Waals surface area contributed by atoms with E-state index >= 15 is 0 Å². The van der Waals surface area contributed by atoms with E-state index in [2.05, 4.69) is 26.6 Å². The third-order valence-electron chi connectivity index (χ3n) is 10.4. The fourth-order valence-corrected chi connectivity index (χ4v) is 6.87. The highest BCUT2D eigenvalue weighted by molar-refractivity contribution is 5.88. The monoisotopic (exact) mass is 979 g/mol. The first-order valence-corrected chi connectivity index (χ1v) is 22.4. The molecule has 5 amide bonds. The molecule has 0 aliphatic carbocycles. The number of nitrogens with one attached hydrogen (secondary N) is 5. The molecule has 0 aliphatic heterocycles. The van der Waals surface area contributed by atoms with Crippen LogP contribution in [0.1, 0.15) is 112 Å². The Kier molecular flexibility index (Phi) is 29.8. The van der Waals surface area contributed by atoms with E-state index in [1.165, 1.54) is 0 Å². The highest BCUT2D eigenvalue weighted by Gasteiger charge is 2.30.